The highest BCUT2D eigenvalue weighted by atomic mass is 79.9. The monoisotopic (exact) mass is 252 g/mol. The van der Waals surface area contributed by atoms with Crippen molar-refractivity contribution in [3.05, 3.63) is 34.3 Å². The summed E-state index contributed by atoms with van der Waals surface area (Å²) in [7, 11) is 0. The number of rotatable bonds is 3. The van der Waals surface area contributed by atoms with Crippen LogP contribution >= 0.6 is 15.9 Å². The maximum absolute atomic E-state index is 11.7. The quantitative estimate of drug-likeness (QED) is 0.807. The van der Waals surface area contributed by atoms with Crippen LogP contribution in [0.25, 0.3) is 0 Å². The van der Waals surface area contributed by atoms with Gasteiger partial charge in [-0.05, 0) is 24.5 Å². The molecule has 0 heterocycles. The summed E-state index contributed by atoms with van der Waals surface area (Å²) in [5.74, 6) is 0.755. The van der Waals surface area contributed by atoms with E-state index >= 15 is 0 Å². The van der Waals surface area contributed by atoms with Gasteiger partial charge in [0.05, 0.1) is 0 Å². The van der Waals surface area contributed by atoms with Crippen LogP contribution in [0.5, 0.6) is 0 Å². The Hall–Kier alpha value is -0.630. The van der Waals surface area contributed by atoms with Crippen LogP contribution in [0.3, 0.4) is 0 Å². The number of benzene rings is 1. The van der Waals surface area contributed by atoms with Gasteiger partial charge in [-0.2, -0.15) is 0 Å². The molecule has 0 aliphatic heterocycles. The van der Waals surface area contributed by atoms with Crippen LogP contribution in [0.4, 0.5) is 0 Å². The summed E-state index contributed by atoms with van der Waals surface area (Å²) in [6.45, 7) is 0. The molecule has 0 saturated heterocycles. The predicted octanol–water partition coefficient (Wildman–Crippen LogP) is 3.36. The first-order chi connectivity index (χ1) is 6.77. The molecule has 2 rings (SSSR count). The first-order valence-electron chi connectivity index (χ1n) is 5.03. The highest BCUT2D eigenvalue weighted by molar-refractivity contribution is 9.10. The van der Waals surface area contributed by atoms with Crippen molar-refractivity contribution in [1.29, 1.82) is 0 Å². The minimum absolute atomic E-state index is 0.349. The number of halogens is 1. The number of hydrogen-bond donors (Lipinski definition) is 0. The first-order valence-corrected chi connectivity index (χ1v) is 5.83. The van der Waals surface area contributed by atoms with E-state index in [1.807, 2.05) is 24.3 Å². The van der Waals surface area contributed by atoms with Gasteiger partial charge >= 0.3 is 0 Å². The third-order valence-electron chi connectivity index (χ3n) is 2.88. The predicted molar refractivity (Wildman–Crippen MR) is 60.2 cm³/mol. The zero-order valence-electron chi connectivity index (χ0n) is 8.00. The molecular weight excluding hydrogens is 240 g/mol. The summed E-state index contributed by atoms with van der Waals surface area (Å²) < 4.78 is 1.05. The van der Waals surface area contributed by atoms with Crippen LogP contribution in [0, 0.1) is 5.92 Å². The lowest BCUT2D eigenvalue weighted by Gasteiger charge is -2.23. The van der Waals surface area contributed by atoms with Gasteiger partial charge in [0, 0.05) is 16.8 Å². The molecule has 0 aromatic heterocycles. The normalized spacial score (nSPS) is 16.4. The third-order valence-corrected chi connectivity index (χ3v) is 3.66. The number of Topliss-reactive ketones (excluding diaryl/α,β-unsaturated/α-hetero) is 1. The van der Waals surface area contributed by atoms with Gasteiger partial charge in [-0.15, -0.1) is 0 Å². The van der Waals surface area contributed by atoms with Crippen molar-refractivity contribution >= 4 is 21.7 Å². The second kappa shape index (κ2) is 4.26. The van der Waals surface area contributed by atoms with Crippen molar-refractivity contribution in [3.63, 3.8) is 0 Å². The fraction of sp³-hybridized carbons (Fsp3) is 0.417. The molecule has 2 heteroatoms. The fourth-order valence-corrected chi connectivity index (χ4v) is 2.13. The van der Waals surface area contributed by atoms with Gasteiger partial charge in [0.15, 0.2) is 0 Å². The lowest BCUT2D eigenvalue weighted by Crippen LogP contribution is -2.23. The zero-order valence-corrected chi connectivity index (χ0v) is 9.59. The van der Waals surface area contributed by atoms with Crippen LogP contribution in [0.1, 0.15) is 24.8 Å². The molecule has 0 spiro atoms. The van der Waals surface area contributed by atoms with Gasteiger partial charge in [0.25, 0.3) is 0 Å². The summed E-state index contributed by atoms with van der Waals surface area (Å²) in [6.07, 6.45) is 4.02. The zero-order chi connectivity index (χ0) is 9.97. The highest BCUT2D eigenvalue weighted by Crippen LogP contribution is 2.29. The van der Waals surface area contributed by atoms with E-state index in [1.54, 1.807) is 0 Å². The van der Waals surface area contributed by atoms with Crippen molar-refractivity contribution in [3.8, 4) is 0 Å². The Labute approximate surface area is 92.6 Å². The van der Waals surface area contributed by atoms with Gasteiger partial charge in [-0.1, -0.05) is 40.5 Å². The van der Waals surface area contributed by atoms with Gasteiger partial charge < -0.3 is 0 Å². The molecule has 1 aromatic rings. The van der Waals surface area contributed by atoms with Crippen LogP contribution in [0.15, 0.2) is 28.7 Å². The van der Waals surface area contributed by atoms with Gasteiger partial charge in [0.2, 0.25) is 0 Å². The van der Waals surface area contributed by atoms with Gasteiger partial charge in [-0.25, -0.2) is 0 Å². The Morgan fingerprint density at radius 1 is 1.36 bits per heavy atom. The van der Waals surface area contributed by atoms with Gasteiger partial charge in [-0.3, -0.25) is 4.79 Å². The minimum Gasteiger partial charge on any atom is -0.299 e. The van der Waals surface area contributed by atoms with Crippen molar-refractivity contribution < 1.29 is 4.79 Å². The van der Waals surface area contributed by atoms with E-state index in [0.717, 1.165) is 22.9 Å². The lowest BCUT2D eigenvalue weighted by molar-refractivity contribution is -0.124. The Morgan fingerprint density at radius 2 is 2.07 bits per heavy atom. The number of carbonyl (C=O) groups is 1. The van der Waals surface area contributed by atoms with E-state index in [9.17, 15) is 4.79 Å². The number of ketones is 1. The highest BCUT2D eigenvalue weighted by Gasteiger charge is 2.25. The Balaban J connectivity index is 2.03. The molecule has 1 aliphatic carbocycles. The fourth-order valence-electron chi connectivity index (χ4n) is 1.70. The van der Waals surface area contributed by atoms with Crippen LogP contribution in [0.2, 0.25) is 0 Å². The molecule has 1 saturated carbocycles. The minimum atomic E-state index is 0.349. The maximum atomic E-state index is 11.7. The molecular formula is C12H13BrO. The van der Waals surface area contributed by atoms with Crippen molar-refractivity contribution in [2.75, 3.05) is 0 Å². The molecule has 0 N–H and O–H groups in total. The van der Waals surface area contributed by atoms with Crippen LogP contribution < -0.4 is 0 Å². The summed E-state index contributed by atoms with van der Waals surface area (Å²) in [5.41, 5.74) is 1.12. The molecule has 0 amide bonds. The third kappa shape index (κ3) is 2.06. The maximum Gasteiger partial charge on any atom is 0.140 e. The standard InChI is InChI=1S/C12H13BrO/c13-11-7-2-1-4-10(11)8-12(14)9-5-3-6-9/h1-2,4,7,9H,3,5-6,8H2. The molecule has 0 bridgehead atoms. The molecule has 1 aliphatic rings. The van der Waals surface area contributed by atoms with E-state index in [4.69, 9.17) is 0 Å². The molecule has 14 heavy (non-hydrogen) atoms. The van der Waals surface area contributed by atoms with Crippen molar-refractivity contribution in [2.45, 2.75) is 25.7 Å². The summed E-state index contributed by atoms with van der Waals surface area (Å²) in [4.78, 5) is 11.7. The van der Waals surface area contributed by atoms with Crippen molar-refractivity contribution in [2.24, 2.45) is 5.92 Å². The smallest absolute Gasteiger partial charge is 0.140 e. The molecule has 74 valence electrons. The second-order valence-corrected chi connectivity index (χ2v) is 4.72. The number of hydrogen-bond acceptors (Lipinski definition) is 1. The second-order valence-electron chi connectivity index (χ2n) is 3.86. The van der Waals surface area contributed by atoms with E-state index in [0.29, 0.717) is 18.1 Å². The van der Waals surface area contributed by atoms with E-state index in [-0.39, 0.29) is 0 Å². The van der Waals surface area contributed by atoms with E-state index in [1.165, 1.54) is 6.42 Å². The van der Waals surface area contributed by atoms with E-state index < -0.39 is 0 Å². The lowest BCUT2D eigenvalue weighted by atomic mass is 9.80. The Bertz CT molecular complexity index is 342. The van der Waals surface area contributed by atoms with Gasteiger partial charge in [0.1, 0.15) is 5.78 Å². The largest absolute Gasteiger partial charge is 0.299 e. The summed E-state index contributed by atoms with van der Waals surface area (Å²) in [6, 6.07) is 7.96. The molecule has 1 fully saturated rings. The molecule has 0 unspecified atom stereocenters. The van der Waals surface area contributed by atoms with Crippen LogP contribution in [-0.2, 0) is 11.2 Å². The number of carbonyl (C=O) groups excluding carboxylic acids is 1. The van der Waals surface area contributed by atoms with Crippen LogP contribution in [-0.4, -0.2) is 5.78 Å². The SMILES string of the molecule is O=C(Cc1ccccc1Br)C1CCC1. The first kappa shape index (κ1) is 9.91. The molecule has 1 nitrogen and oxygen atoms in total. The molecule has 1 aromatic carbocycles. The molecule has 0 radical (unpaired) electrons. The average molecular weight is 253 g/mol. The Morgan fingerprint density at radius 3 is 2.64 bits per heavy atom. The van der Waals surface area contributed by atoms with Crippen molar-refractivity contribution in [1.82, 2.24) is 0 Å². The Kier molecular flexibility index (Phi) is 3.02. The van der Waals surface area contributed by atoms with E-state index in [2.05, 4.69) is 15.9 Å². The summed E-state index contributed by atoms with van der Waals surface area (Å²) >= 11 is 3.46. The molecule has 0 atom stereocenters. The average Bonchev–Trinajstić information content (AvgIpc) is 2.05. The topological polar surface area (TPSA) is 17.1 Å². The summed E-state index contributed by atoms with van der Waals surface area (Å²) in [5, 5.41) is 0.